The van der Waals surface area contributed by atoms with Crippen LogP contribution < -0.4 is 5.73 Å². The van der Waals surface area contributed by atoms with Crippen LogP contribution in [-0.4, -0.2) is 17.1 Å². The summed E-state index contributed by atoms with van der Waals surface area (Å²) in [5, 5.41) is 9.85. The van der Waals surface area contributed by atoms with Crippen LogP contribution in [0, 0.1) is 0 Å². The Morgan fingerprint density at radius 2 is 1.88 bits per heavy atom. The second kappa shape index (κ2) is 4.62. The van der Waals surface area contributed by atoms with Gasteiger partial charge in [-0.05, 0) is 30.5 Å². The first-order valence-corrected chi connectivity index (χ1v) is 5.17. The van der Waals surface area contributed by atoms with Crippen molar-refractivity contribution in [2.45, 2.75) is 24.3 Å². The summed E-state index contributed by atoms with van der Waals surface area (Å²) in [5.74, 6) is -0.800. The Balaban J connectivity index is 0.00000128. The Bertz CT molecular complexity index is 385. The van der Waals surface area contributed by atoms with Gasteiger partial charge >= 0.3 is 5.97 Å². The summed E-state index contributed by atoms with van der Waals surface area (Å²) in [4.78, 5) is 11.2. The lowest BCUT2D eigenvalue weighted by Gasteiger charge is -2.43. The summed E-state index contributed by atoms with van der Waals surface area (Å²) in [5.41, 5.74) is 5.67. The average Bonchev–Trinajstić information content (AvgIpc) is 2.13. The lowest BCUT2D eigenvalue weighted by atomic mass is 9.62. The number of hydrogen-bond donors (Lipinski definition) is 2. The predicted molar refractivity (Wildman–Crippen MR) is 65.2 cm³/mol. The van der Waals surface area contributed by atoms with Crippen molar-refractivity contribution in [2.24, 2.45) is 5.73 Å². The molecule has 0 saturated heterocycles. The van der Waals surface area contributed by atoms with Gasteiger partial charge < -0.3 is 10.8 Å². The van der Waals surface area contributed by atoms with Gasteiger partial charge in [0.15, 0.2) is 0 Å². The maximum atomic E-state index is 11.2. The van der Waals surface area contributed by atoms with Crippen molar-refractivity contribution in [3.05, 3.63) is 34.9 Å². The van der Waals surface area contributed by atoms with Crippen molar-refractivity contribution in [3.8, 4) is 0 Å². The molecule has 0 amide bonds. The molecule has 2 rings (SSSR count). The topological polar surface area (TPSA) is 63.3 Å². The maximum Gasteiger partial charge on any atom is 0.314 e. The van der Waals surface area contributed by atoms with E-state index in [2.05, 4.69) is 0 Å². The van der Waals surface area contributed by atoms with E-state index in [9.17, 15) is 9.90 Å². The molecule has 0 unspecified atom stereocenters. The van der Waals surface area contributed by atoms with Gasteiger partial charge in [-0.25, -0.2) is 0 Å². The van der Waals surface area contributed by atoms with E-state index in [-0.39, 0.29) is 18.4 Å². The minimum atomic E-state index is -0.800. The lowest BCUT2D eigenvalue weighted by Crippen LogP contribution is -2.54. The smallest absolute Gasteiger partial charge is 0.314 e. The number of rotatable bonds is 2. The molecule has 0 heterocycles. The Hall–Kier alpha value is -0.770. The van der Waals surface area contributed by atoms with E-state index >= 15 is 0 Å². The molecule has 88 valence electrons. The molecule has 1 fully saturated rings. The summed E-state index contributed by atoms with van der Waals surface area (Å²) in [6.07, 6.45) is 1.01. The highest BCUT2D eigenvalue weighted by molar-refractivity contribution is 6.30. The molecule has 0 spiro atoms. The van der Waals surface area contributed by atoms with Gasteiger partial charge in [0.05, 0.1) is 5.41 Å². The normalized spacial score (nSPS) is 27.8. The van der Waals surface area contributed by atoms with Crippen LogP contribution in [-0.2, 0) is 10.2 Å². The van der Waals surface area contributed by atoms with Crippen molar-refractivity contribution in [1.82, 2.24) is 0 Å². The van der Waals surface area contributed by atoms with E-state index < -0.39 is 11.4 Å². The van der Waals surface area contributed by atoms with Crippen LogP contribution in [0.15, 0.2) is 24.3 Å². The molecule has 1 aromatic rings. The zero-order valence-corrected chi connectivity index (χ0v) is 10.1. The van der Waals surface area contributed by atoms with Crippen LogP contribution in [0.5, 0.6) is 0 Å². The number of benzene rings is 1. The van der Waals surface area contributed by atoms with Crippen molar-refractivity contribution in [2.75, 3.05) is 0 Å². The van der Waals surface area contributed by atoms with Crippen LogP contribution in [0.4, 0.5) is 0 Å². The average molecular weight is 262 g/mol. The number of nitrogens with two attached hydrogens (primary N) is 1. The van der Waals surface area contributed by atoms with Crippen molar-refractivity contribution in [3.63, 3.8) is 0 Å². The zero-order chi connectivity index (χ0) is 11.1. The summed E-state index contributed by atoms with van der Waals surface area (Å²) in [6.45, 7) is 0. The SMILES string of the molecule is Cl.NC1CC(C(=O)O)(c2ccc(Cl)cc2)C1. The quantitative estimate of drug-likeness (QED) is 0.858. The van der Waals surface area contributed by atoms with E-state index in [1.165, 1.54) is 0 Å². The molecule has 0 atom stereocenters. The van der Waals surface area contributed by atoms with Gasteiger partial charge in [0.1, 0.15) is 0 Å². The first-order valence-electron chi connectivity index (χ1n) is 4.80. The molecule has 1 saturated carbocycles. The molecule has 0 bridgehead atoms. The third-order valence-electron chi connectivity index (χ3n) is 3.03. The molecule has 5 heteroatoms. The summed E-state index contributed by atoms with van der Waals surface area (Å²) in [6, 6.07) is 6.96. The van der Waals surface area contributed by atoms with Gasteiger partial charge in [-0.2, -0.15) is 0 Å². The molecule has 0 radical (unpaired) electrons. The molecule has 3 N–H and O–H groups in total. The molecule has 1 aliphatic rings. The molecule has 3 nitrogen and oxygen atoms in total. The summed E-state index contributed by atoms with van der Waals surface area (Å²) in [7, 11) is 0. The second-order valence-electron chi connectivity index (χ2n) is 4.06. The van der Waals surface area contributed by atoms with E-state index in [0.29, 0.717) is 17.9 Å². The van der Waals surface area contributed by atoms with Gasteiger partial charge in [-0.15, -0.1) is 12.4 Å². The fraction of sp³-hybridized carbons (Fsp3) is 0.364. The molecule has 16 heavy (non-hydrogen) atoms. The summed E-state index contributed by atoms with van der Waals surface area (Å²) < 4.78 is 0. The Morgan fingerprint density at radius 1 is 1.38 bits per heavy atom. The molecule has 0 aromatic heterocycles. The van der Waals surface area contributed by atoms with Gasteiger partial charge in [-0.1, -0.05) is 23.7 Å². The number of aliphatic carboxylic acids is 1. The first-order chi connectivity index (χ1) is 7.04. The highest BCUT2D eigenvalue weighted by Crippen LogP contribution is 2.43. The minimum absolute atomic E-state index is 0. The Morgan fingerprint density at radius 3 is 2.25 bits per heavy atom. The molecule has 0 aliphatic heterocycles. The highest BCUT2D eigenvalue weighted by atomic mass is 35.5. The third kappa shape index (κ3) is 2.03. The van der Waals surface area contributed by atoms with E-state index in [1.54, 1.807) is 24.3 Å². The Kier molecular flexibility index (Phi) is 3.84. The number of carboxylic acids is 1. The number of carboxylic acid groups (broad SMARTS) is 1. The number of halogens is 2. The van der Waals surface area contributed by atoms with Crippen molar-refractivity contribution in [1.29, 1.82) is 0 Å². The van der Waals surface area contributed by atoms with Crippen LogP contribution in [0.3, 0.4) is 0 Å². The summed E-state index contributed by atoms with van der Waals surface area (Å²) >= 11 is 5.76. The first kappa shape index (κ1) is 13.3. The van der Waals surface area contributed by atoms with Crippen molar-refractivity contribution >= 4 is 30.0 Å². The van der Waals surface area contributed by atoms with Crippen molar-refractivity contribution < 1.29 is 9.90 Å². The highest BCUT2D eigenvalue weighted by Gasteiger charge is 2.50. The standard InChI is InChI=1S/C11H12ClNO2.ClH/c12-8-3-1-7(2-4-8)11(10(14)15)5-9(13)6-11;/h1-4,9H,5-6,13H2,(H,14,15);1H. The van der Waals surface area contributed by atoms with E-state index in [4.69, 9.17) is 17.3 Å². The van der Waals surface area contributed by atoms with Gasteiger partial charge in [0, 0.05) is 11.1 Å². The molecule has 1 aromatic carbocycles. The fourth-order valence-corrected chi connectivity index (χ4v) is 2.26. The third-order valence-corrected chi connectivity index (χ3v) is 3.28. The maximum absolute atomic E-state index is 11.2. The largest absolute Gasteiger partial charge is 0.481 e. The van der Waals surface area contributed by atoms with Crippen LogP contribution in [0.25, 0.3) is 0 Å². The van der Waals surface area contributed by atoms with Crippen LogP contribution >= 0.6 is 24.0 Å². The van der Waals surface area contributed by atoms with Gasteiger partial charge in [0.2, 0.25) is 0 Å². The number of carbonyl (C=O) groups is 1. The molecule has 1 aliphatic carbocycles. The van der Waals surface area contributed by atoms with Gasteiger partial charge in [0.25, 0.3) is 0 Å². The lowest BCUT2D eigenvalue weighted by molar-refractivity contribution is -0.148. The Labute approximate surface area is 105 Å². The van der Waals surface area contributed by atoms with E-state index in [1.807, 2.05) is 0 Å². The molecular formula is C11H13Cl2NO2. The zero-order valence-electron chi connectivity index (χ0n) is 8.52. The van der Waals surface area contributed by atoms with Crippen LogP contribution in [0.1, 0.15) is 18.4 Å². The number of hydrogen-bond acceptors (Lipinski definition) is 2. The van der Waals surface area contributed by atoms with E-state index in [0.717, 1.165) is 5.56 Å². The monoisotopic (exact) mass is 261 g/mol. The predicted octanol–water partition coefficient (Wildman–Crippen LogP) is 2.21. The van der Waals surface area contributed by atoms with Crippen LogP contribution in [0.2, 0.25) is 5.02 Å². The fourth-order valence-electron chi connectivity index (χ4n) is 2.14. The van der Waals surface area contributed by atoms with Gasteiger partial charge in [-0.3, -0.25) is 4.79 Å². The second-order valence-corrected chi connectivity index (χ2v) is 4.50. The minimum Gasteiger partial charge on any atom is -0.481 e. The molecular weight excluding hydrogens is 249 g/mol.